The maximum atomic E-state index is 8.65. The van der Waals surface area contributed by atoms with E-state index in [1.54, 1.807) is 0 Å². The van der Waals surface area contributed by atoms with Crippen molar-refractivity contribution in [3.05, 3.63) is 0 Å². The predicted molar refractivity (Wildman–Crippen MR) is 44.0 cm³/mol. The Morgan fingerprint density at radius 3 is 1.73 bits per heavy atom. The van der Waals surface area contributed by atoms with E-state index in [2.05, 4.69) is 0 Å². The summed E-state index contributed by atoms with van der Waals surface area (Å²) in [7, 11) is 0. The largest absolute Gasteiger partial charge is 0.396 e. The van der Waals surface area contributed by atoms with Crippen molar-refractivity contribution in [1.82, 2.24) is 0 Å². The predicted octanol–water partition coefficient (Wildman–Crippen LogP) is -1.20. The zero-order valence-corrected chi connectivity index (χ0v) is 6.79. The van der Waals surface area contributed by atoms with Gasteiger partial charge in [0.1, 0.15) is 0 Å². The van der Waals surface area contributed by atoms with E-state index in [1.807, 2.05) is 0 Å². The molecule has 0 saturated heterocycles. The molecule has 0 aliphatic carbocycles. The monoisotopic (exact) mass is 162 g/mol. The highest BCUT2D eigenvalue weighted by molar-refractivity contribution is 4.83. The van der Waals surface area contributed by atoms with Gasteiger partial charge < -0.3 is 21.7 Å². The van der Waals surface area contributed by atoms with Gasteiger partial charge >= 0.3 is 0 Å². The molecule has 68 valence electrons. The quantitative estimate of drug-likeness (QED) is 0.394. The van der Waals surface area contributed by atoms with Crippen LogP contribution in [0.5, 0.6) is 0 Å². The molecule has 0 aliphatic heterocycles. The summed E-state index contributed by atoms with van der Waals surface area (Å²) in [5.74, 6) is 0. The average molecular weight is 162 g/mol. The van der Waals surface area contributed by atoms with Gasteiger partial charge in [-0.2, -0.15) is 0 Å². The van der Waals surface area contributed by atoms with Crippen LogP contribution in [0, 0.1) is 0 Å². The Morgan fingerprint density at radius 2 is 1.45 bits per heavy atom. The van der Waals surface area contributed by atoms with E-state index in [4.69, 9.17) is 21.7 Å². The standard InChI is InChI=1S/C7H18N2O2/c8-4-1-7(9,2-5-10)3-6-11/h10-11H,1-6,8-9H2. The summed E-state index contributed by atoms with van der Waals surface area (Å²) in [6.07, 6.45) is 1.66. The van der Waals surface area contributed by atoms with Crippen LogP contribution in [-0.4, -0.2) is 35.5 Å². The van der Waals surface area contributed by atoms with Crippen LogP contribution in [0.1, 0.15) is 19.3 Å². The molecular weight excluding hydrogens is 144 g/mol. The van der Waals surface area contributed by atoms with Gasteiger partial charge in [-0.3, -0.25) is 0 Å². The first-order valence-electron chi connectivity index (χ1n) is 3.89. The average Bonchev–Trinajstić information content (AvgIpc) is 1.88. The van der Waals surface area contributed by atoms with Crippen LogP contribution < -0.4 is 11.5 Å². The fourth-order valence-electron chi connectivity index (χ4n) is 1.11. The molecule has 0 radical (unpaired) electrons. The number of aliphatic hydroxyl groups excluding tert-OH is 2. The molecule has 0 aliphatic rings. The Bertz CT molecular complexity index is 81.4. The van der Waals surface area contributed by atoms with Crippen molar-refractivity contribution < 1.29 is 10.2 Å². The van der Waals surface area contributed by atoms with Crippen molar-refractivity contribution in [2.75, 3.05) is 19.8 Å². The van der Waals surface area contributed by atoms with E-state index in [0.717, 1.165) is 0 Å². The maximum Gasteiger partial charge on any atom is 0.0448 e. The lowest BCUT2D eigenvalue weighted by Crippen LogP contribution is -2.43. The number of hydrogen-bond acceptors (Lipinski definition) is 4. The molecule has 0 saturated carbocycles. The summed E-state index contributed by atoms with van der Waals surface area (Å²) < 4.78 is 0. The number of rotatable bonds is 6. The Labute approximate surface area is 67.2 Å². The summed E-state index contributed by atoms with van der Waals surface area (Å²) >= 11 is 0. The molecule has 0 aromatic carbocycles. The fourth-order valence-corrected chi connectivity index (χ4v) is 1.11. The lowest BCUT2D eigenvalue weighted by molar-refractivity contribution is 0.187. The number of aliphatic hydroxyl groups is 2. The molecule has 6 N–H and O–H groups in total. The van der Waals surface area contributed by atoms with Gasteiger partial charge in [0.2, 0.25) is 0 Å². The van der Waals surface area contributed by atoms with E-state index >= 15 is 0 Å². The third-order valence-corrected chi connectivity index (χ3v) is 1.86. The Morgan fingerprint density at radius 1 is 1.00 bits per heavy atom. The van der Waals surface area contributed by atoms with Crippen molar-refractivity contribution in [2.24, 2.45) is 11.5 Å². The van der Waals surface area contributed by atoms with Gasteiger partial charge in [0.05, 0.1) is 0 Å². The first-order valence-corrected chi connectivity index (χ1v) is 3.89. The molecule has 11 heavy (non-hydrogen) atoms. The second-order valence-electron chi connectivity index (χ2n) is 2.85. The highest BCUT2D eigenvalue weighted by Crippen LogP contribution is 2.14. The molecule has 0 heterocycles. The minimum absolute atomic E-state index is 0.0521. The summed E-state index contributed by atoms with van der Waals surface area (Å²) in [5, 5.41) is 17.3. The summed E-state index contributed by atoms with van der Waals surface area (Å²) in [6.45, 7) is 0.601. The van der Waals surface area contributed by atoms with Crippen molar-refractivity contribution in [3.8, 4) is 0 Å². The first kappa shape index (κ1) is 10.8. The van der Waals surface area contributed by atoms with Gasteiger partial charge in [0, 0.05) is 18.8 Å². The van der Waals surface area contributed by atoms with Crippen molar-refractivity contribution in [3.63, 3.8) is 0 Å². The molecule has 0 spiro atoms. The normalized spacial score (nSPS) is 12.0. The molecule has 0 aromatic heterocycles. The lowest BCUT2D eigenvalue weighted by atomic mass is 9.89. The van der Waals surface area contributed by atoms with E-state index < -0.39 is 5.54 Å². The van der Waals surface area contributed by atoms with Crippen LogP contribution >= 0.6 is 0 Å². The molecule has 0 amide bonds. The van der Waals surface area contributed by atoms with Crippen LogP contribution in [0.4, 0.5) is 0 Å². The smallest absolute Gasteiger partial charge is 0.0448 e. The zero-order valence-electron chi connectivity index (χ0n) is 6.79. The van der Waals surface area contributed by atoms with E-state index in [1.165, 1.54) is 0 Å². The van der Waals surface area contributed by atoms with Gasteiger partial charge in [-0.25, -0.2) is 0 Å². The lowest BCUT2D eigenvalue weighted by Gasteiger charge is -2.27. The van der Waals surface area contributed by atoms with Crippen molar-refractivity contribution >= 4 is 0 Å². The Hall–Kier alpha value is -0.160. The third kappa shape index (κ3) is 4.31. The highest BCUT2D eigenvalue weighted by atomic mass is 16.3. The highest BCUT2D eigenvalue weighted by Gasteiger charge is 2.22. The molecule has 0 fully saturated rings. The molecule has 4 nitrogen and oxygen atoms in total. The molecule has 0 rings (SSSR count). The van der Waals surface area contributed by atoms with Crippen LogP contribution in [-0.2, 0) is 0 Å². The van der Waals surface area contributed by atoms with Gasteiger partial charge in [0.15, 0.2) is 0 Å². The molecule has 0 aromatic rings. The van der Waals surface area contributed by atoms with Gasteiger partial charge in [0.25, 0.3) is 0 Å². The maximum absolute atomic E-state index is 8.65. The Balaban J connectivity index is 3.79. The van der Waals surface area contributed by atoms with Crippen LogP contribution in [0.3, 0.4) is 0 Å². The number of nitrogens with two attached hydrogens (primary N) is 2. The van der Waals surface area contributed by atoms with Gasteiger partial charge in [-0.15, -0.1) is 0 Å². The van der Waals surface area contributed by atoms with E-state index in [9.17, 15) is 0 Å². The van der Waals surface area contributed by atoms with Crippen molar-refractivity contribution in [2.45, 2.75) is 24.8 Å². The summed E-state index contributed by atoms with van der Waals surface area (Å²) in [6, 6.07) is 0. The minimum Gasteiger partial charge on any atom is -0.396 e. The van der Waals surface area contributed by atoms with Crippen molar-refractivity contribution in [1.29, 1.82) is 0 Å². The Kier molecular flexibility index (Phi) is 5.41. The zero-order chi connectivity index (χ0) is 8.74. The second kappa shape index (κ2) is 5.49. The third-order valence-electron chi connectivity index (χ3n) is 1.86. The van der Waals surface area contributed by atoms with E-state index in [-0.39, 0.29) is 13.2 Å². The summed E-state index contributed by atoms with van der Waals surface area (Å²) in [5.41, 5.74) is 10.7. The molecular formula is C7H18N2O2. The first-order chi connectivity index (χ1) is 5.18. The topological polar surface area (TPSA) is 92.5 Å². The number of hydrogen-bond donors (Lipinski definition) is 4. The van der Waals surface area contributed by atoms with Crippen LogP contribution in [0.25, 0.3) is 0 Å². The van der Waals surface area contributed by atoms with Gasteiger partial charge in [-0.1, -0.05) is 0 Å². The fraction of sp³-hybridized carbons (Fsp3) is 1.00. The van der Waals surface area contributed by atoms with Gasteiger partial charge in [-0.05, 0) is 25.8 Å². The molecule has 4 heteroatoms. The second-order valence-corrected chi connectivity index (χ2v) is 2.85. The molecule has 0 unspecified atom stereocenters. The SMILES string of the molecule is NCCC(N)(CCO)CCO. The molecule has 0 bridgehead atoms. The summed E-state index contributed by atoms with van der Waals surface area (Å²) in [4.78, 5) is 0. The molecule has 0 atom stereocenters. The minimum atomic E-state index is -0.474. The van der Waals surface area contributed by atoms with E-state index in [0.29, 0.717) is 25.8 Å². The van der Waals surface area contributed by atoms with Crippen LogP contribution in [0.2, 0.25) is 0 Å². The van der Waals surface area contributed by atoms with Crippen LogP contribution in [0.15, 0.2) is 0 Å².